The SMILES string of the molecule is Cc1cnc(CON)cn1. The second-order valence-electron chi connectivity index (χ2n) is 1.96. The van der Waals surface area contributed by atoms with Crippen LogP contribution in [0.4, 0.5) is 0 Å². The average Bonchev–Trinajstić information content (AvgIpc) is 1.95. The van der Waals surface area contributed by atoms with Gasteiger partial charge in [0.05, 0.1) is 17.6 Å². The van der Waals surface area contributed by atoms with E-state index < -0.39 is 0 Å². The lowest BCUT2D eigenvalue weighted by Crippen LogP contribution is -2.01. The molecule has 1 aromatic rings. The molecule has 4 heteroatoms. The van der Waals surface area contributed by atoms with E-state index in [1.54, 1.807) is 12.4 Å². The summed E-state index contributed by atoms with van der Waals surface area (Å²) in [6.45, 7) is 2.19. The molecule has 1 heterocycles. The number of aryl methyl sites for hydroxylation is 1. The lowest BCUT2D eigenvalue weighted by atomic mass is 10.4. The lowest BCUT2D eigenvalue weighted by molar-refractivity contribution is 0.121. The zero-order valence-electron chi connectivity index (χ0n) is 5.74. The molecule has 0 aliphatic heterocycles. The van der Waals surface area contributed by atoms with Crippen LogP contribution in [0.1, 0.15) is 11.4 Å². The Kier molecular flexibility index (Phi) is 2.30. The summed E-state index contributed by atoms with van der Waals surface area (Å²) in [5.74, 6) is 4.83. The van der Waals surface area contributed by atoms with Crippen molar-refractivity contribution in [1.82, 2.24) is 9.97 Å². The third-order valence-electron chi connectivity index (χ3n) is 1.07. The predicted molar refractivity (Wildman–Crippen MR) is 35.7 cm³/mol. The average molecular weight is 139 g/mol. The molecule has 0 unspecified atom stereocenters. The van der Waals surface area contributed by atoms with E-state index in [9.17, 15) is 0 Å². The number of nitrogens with zero attached hydrogens (tertiary/aromatic N) is 2. The molecule has 0 atom stereocenters. The van der Waals surface area contributed by atoms with Gasteiger partial charge in [-0.2, -0.15) is 0 Å². The van der Waals surface area contributed by atoms with Gasteiger partial charge >= 0.3 is 0 Å². The molecule has 0 radical (unpaired) electrons. The van der Waals surface area contributed by atoms with Crippen LogP contribution in [-0.2, 0) is 11.4 Å². The van der Waals surface area contributed by atoms with E-state index in [1.807, 2.05) is 6.92 Å². The molecule has 1 aromatic heterocycles. The third kappa shape index (κ3) is 1.75. The maximum Gasteiger partial charge on any atom is 0.112 e. The Bertz CT molecular complexity index is 197. The van der Waals surface area contributed by atoms with Gasteiger partial charge in [0.25, 0.3) is 0 Å². The second-order valence-corrected chi connectivity index (χ2v) is 1.96. The second kappa shape index (κ2) is 3.24. The van der Waals surface area contributed by atoms with Gasteiger partial charge in [-0.05, 0) is 6.92 Å². The van der Waals surface area contributed by atoms with Crippen molar-refractivity contribution in [3.05, 3.63) is 23.8 Å². The minimum atomic E-state index is 0.313. The molecular weight excluding hydrogens is 130 g/mol. The summed E-state index contributed by atoms with van der Waals surface area (Å²) in [6, 6.07) is 0. The first-order valence-corrected chi connectivity index (χ1v) is 2.92. The van der Waals surface area contributed by atoms with Gasteiger partial charge in [0, 0.05) is 6.20 Å². The van der Waals surface area contributed by atoms with Crippen LogP contribution < -0.4 is 5.90 Å². The summed E-state index contributed by atoms with van der Waals surface area (Å²) in [6.07, 6.45) is 3.32. The van der Waals surface area contributed by atoms with E-state index in [0.717, 1.165) is 11.4 Å². The van der Waals surface area contributed by atoms with Gasteiger partial charge in [-0.3, -0.25) is 14.8 Å². The fourth-order valence-corrected chi connectivity index (χ4v) is 0.579. The van der Waals surface area contributed by atoms with Crippen LogP contribution >= 0.6 is 0 Å². The molecule has 0 aliphatic carbocycles. The zero-order valence-corrected chi connectivity index (χ0v) is 5.74. The Morgan fingerprint density at radius 1 is 1.50 bits per heavy atom. The summed E-state index contributed by atoms with van der Waals surface area (Å²) in [5, 5.41) is 0. The van der Waals surface area contributed by atoms with Crippen molar-refractivity contribution in [2.45, 2.75) is 13.5 Å². The molecule has 0 aliphatic rings. The predicted octanol–water partition coefficient (Wildman–Crippen LogP) is 0.175. The molecule has 0 amide bonds. The van der Waals surface area contributed by atoms with Gasteiger partial charge in [-0.15, -0.1) is 0 Å². The van der Waals surface area contributed by atoms with E-state index in [4.69, 9.17) is 5.90 Å². The van der Waals surface area contributed by atoms with E-state index in [-0.39, 0.29) is 0 Å². The van der Waals surface area contributed by atoms with Crippen molar-refractivity contribution >= 4 is 0 Å². The highest BCUT2D eigenvalue weighted by atomic mass is 16.6. The van der Waals surface area contributed by atoms with E-state index in [1.165, 1.54) is 0 Å². The maximum atomic E-state index is 4.83. The minimum Gasteiger partial charge on any atom is -0.298 e. The lowest BCUT2D eigenvalue weighted by Gasteiger charge is -1.95. The van der Waals surface area contributed by atoms with Crippen LogP contribution in [0, 0.1) is 6.92 Å². The van der Waals surface area contributed by atoms with Crippen molar-refractivity contribution in [3.8, 4) is 0 Å². The smallest absolute Gasteiger partial charge is 0.112 e. The molecule has 54 valence electrons. The molecule has 4 nitrogen and oxygen atoms in total. The van der Waals surface area contributed by atoms with Crippen LogP contribution in [0.3, 0.4) is 0 Å². The molecule has 0 saturated heterocycles. The number of hydrogen-bond acceptors (Lipinski definition) is 4. The van der Waals surface area contributed by atoms with Gasteiger partial charge < -0.3 is 0 Å². The summed E-state index contributed by atoms with van der Waals surface area (Å²) in [5.41, 5.74) is 1.63. The van der Waals surface area contributed by atoms with Gasteiger partial charge in [-0.25, -0.2) is 5.90 Å². The monoisotopic (exact) mass is 139 g/mol. The Morgan fingerprint density at radius 3 is 2.80 bits per heavy atom. The van der Waals surface area contributed by atoms with Gasteiger partial charge in [0.15, 0.2) is 0 Å². The topological polar surface area (TPSA) is 61.0 Å². The molecule has 10 heavy (non-hydrogen) atoms. The minimum absolute atomic E-state index is 0.313. The number of hydrogen-bond donors (Lipinski definition) is 1. The summed E-state index contributed by atoms with van der Waals surface area (Å²) in [4.78, 5) is 12.4. The standard InChI is InChI=1S/C6H9N3O/c1-5-2-9-6(3-8-5)4-10-7/h2-3H,4,7H2,1H3. The third-order valence-corrected chi connectivity index (χ3v) is 1.07. The molecule has 0 saturated carbocycles. The molecule has 2 N–H and O–H groups in total. The fourth-order valence-electron chi connectivity index (χ4n) is 0.579. The van der Waals surface area contributed by atoms with Crippen molar-refractivity contribution in [2.24, 2.45) is 5.90 Å². The van der Waals surface area contributed by atoms with Crippen LogP contribution in [0.5, 0.6) is 0 Å². The van der Waals surface area contributed by atoms with Crippen LogP contribution in [0.15, 0.2) is 12.4 Å². The first-order chi connectivity index (χ1) is 4.83. The quantitative estimate of drug-likeness (QED) is 0.593. The van der Waals surface area contributed by atoms with Crippen LogP contribution in [0.25, 0.3) is 0 Å². The largest absolute Gasteiger partial charge is 0.298 e. The van der Waals surface area contributed by atoms with Crippen molar-refractivity contribution in [1.29, 1.82) is 0 Å². The van der Waals surface area contributed by atoms with Crippen LogP contribution in [-0.4, -0.2) is 9.97 Å². The van der Waals surface area contributed by atoms with Gasteiger partial charge in [0.2, 0.25) is 0 Å². The molecule has 0 bridgehead atoms. The van der Waals surface area contributed by atoms with E-state index >= 15 is 0 Å². The number of rotatable bonds is 2. The Balaban J connectivity index is 2.69. The summed E-state index contributed by atoms with van der Waals surface area (Å²) in [7, 11) is 0. The molecule has 0 aromatic carbocycles. The molecule has 1 rings (SSSR count). The molecule has 0 spiro atoms. The molecular formula is C6H9N3O. The zero-order chi connectivity index (χ0) is 7.40. The van der Waals surface area contributed by atoms with E-state index in [0.29, 0.717) is 6.61 Å². The Morgan fingerprint density at radius 2 is 2.30 bits per heavy atom. The first-order valence-electron chi connectivity index (χ1n) is 2.92. The Hall–Kier alpha value is -1.00. The molecule has 0 fully saturated rings. The highest BCUT2D eigenvalue weighted by Gasteiger charge is 1.91. The van der Waals surface area contributed by atoms with Crippen molar-refractivity contribution in [2.75, 3.05) is 0 Å². The fraction of sp³-hybridized carbons (Fsp3) is 0.333. The highest BCUT2D eigenvalue weighted by Crippen LogP contribution is 1.93. The van der Waals surface area contributed by atoms with Crippen molar-refractivity contribution in [3.63, 3.8) is 0 Å². The van der Waals surface area contributed by atoms with Gasteiger partial charge in [0.1, 0.15) is 6.61 Å². The summed E-state index contributed by atoms with van der Waals surface area (Å²) >= 11 is 0. The first kappa shape index (κ1) is 7.11. The highest BCUT2D eigenvalue weighted by molar-refractivity contribution is 4.98. The Labute approximate surface area is 59.0 Å². The maximum absolute atomic E-state index is 4.83. The van der Waals surface area contributed by atoms with Crippen LogP contribution in [0.2, 0.25) is 0 Å². The van der Waals surface area contributed by atoms with E-state index in [2.05, 4.69) is 14.8 Å². The summed E-state index contributed by atoms with van der Waals surface area (Å²) < 4.78 is 0. The number of nitrogens with two attached hydrogens (primary N) is 1. The van der Waals surface area contributed by atoms with Gasteiger partial charge in [-0.1, -0.05) is 0 Å². The number of aromatic nitrogens is 2. The van der Waals surface area contributed by atoms with Crippen molar-refractivity contribution < 1.29 is 4.84 Å². The normalized spacial score (nSPS) is 9.80.